The van der Waals surface area contributed by atoms with Gasteiger partial charge in [-0.3, -0.25) is 9.59 Å². The van der Waals surface area contributed by atoms with Gasteiger partial charge in [-0.05, 0) is 31.0 Å². The molecule has 3 rings (SSSR count). The molecule has 1 atom stereocenters. The number of esters is 1. The normalized spacial score (nSPS) is 16.5. The molecule has 0 radical (unpaired) electrons. The highest BCUT2D eigenvalue weighted by molar-refractivity contribution is 6.03. The van der Waals surface area contributed by atoms with Crippen molar-refractivity contribution in [2.45, 2.75) is 39.2 Å². The van der Waals surface area contributed by atoms with Crippen molar-refractivity contribution < 1.29 is 18.7 Å². The number of amides is 1. The lowest BCUT2D eigenvalue weighted by Crippen LogP contribution is -2.31. The van der Waals surface area contributed by atoms with E-state index in [1.807, 2.05) is 44.2 Å². The summed E-state index contributed by atoms with van der Waals surface area (Å²) >= 11 is 0. The van der Waals surface area contributed by atoms with Gasteiger partial charge in [0.05, 0.1) is 12.0 Å². The number of hydrogen-bond acceptors (Lipinski definition) is 5. The zero-order chi connectivity index (χ0) is 18.5. The van der Waals surface area contributed by atoms with Crippen LogP contribution in [0, 0.1) is 6.92 Å². The fraction of sp³-hybridized carbons (Fsp3) is 0.350. The van der Waals surface area contributed by atoms with E-state index in [1.165, 1.54) is 5.01 Å². The minimum atomic E-state index is -0.377. The zero-order valence-electron chi connectivity index (χ0n) is 15.0. The van der Waals surface area contributed by atoms with Crippen molar-refractivity contribution in [3.8, 4) is 0 Å². The van der Waals surface area contributed by atoms with Crippen molar-refractivity contribution in [1.29, 1.82) is 0 Å². The lowest BCUT2D eigenvalue weighted by Gasteiger charge is -2.19. The first-order valence-corrected chi connectivity index (χ1v) is 8.74. The highest BCUT2D eigenvalue weighted by Crippen LogP contribution is 2.33. The van der Waals surface area contributed by atoms with Gasteiger partial charge in [0.25, 0.3) is 5.91 Å². The Kier molecular flexibility index (Phi) is 5.51. The van der Waals surface area contributed by atoms with E-state index in [1.54, 1.807) is 12.3 Å². The van der Waals surface area contributed by atoms with Crippen LogP contribution in [-0.2, 0) is 14.3 Å². The van der Waals surface area contributed by atoms with E-state index in [0.717, 1.165) is 16.8 Å². The molecular formula is C20H22N2O4. The van der Waals surface area contributed by atoms with Gasteiger partial charge in [-0.15, -0.1) is 0 Å². The van der Waals surface area contributed by atoms with E-state index >= 15 is 0 Å². The molecular weight excluding hydrogens is 332 g/mol. The van der Waals surface area contributed by atoms with Crippen molar-refractivity contribution in [2.24, 2.45) is 5.10 Å². The molecule has 1 aliphatic heterocycles. The summed E-state index contributed by atoms with van der Waals surface area (Å²) in [5.74, 6) is -0.0839. The Morgan fingerprint density at radius 2 is 2.04 bits per heavy atom. The monoisotopic (exact) mass is 354 g/mol. The van der Waals surface area contributed by atoms with E-state index in [-0.39, 0.29) is 24.5 Å². The van der Waals surface area contributed by atoms with Crippen molar-refractivity contribution >= 4 is 17.6 Å². The zero-order valence-corrected chi connectivity index (χ0v) is 15.0. The van der Waals surface area contributed by atoms with Gasteiger partial charge >= 0.3 is 5.97 Å². The number of rotatable bonds is 6. The van der Waals surface area contributed by atoms with Crippen LogP contribution in [0.15, 0.2) is 52.2 Å². The molecule has 0 saturated heterocycles. The van der Waals surface area contributed by atoms with E-state index in [2.05, 4.69) is 5.10 Å². The molecule has 0 aliphatic carbocycles. The maximum Gasteiger partial charge on any atom is 0.306 e. The number of benzene rings is 1. The summed E-state index contributed by atoms with van der Waals surface area (Å²) in [7, 11) is 0. The molecule has 1 aromatic heterocycles. The summed E-state index contributed by atoms with van der Waals surface area (Å²) in [6.45, 7) is 3.59. The Balaban J connectivity index is 1.79. The third-order valence-corrected chi connectivity index (χ3v) is 4.23. The largest absolute Gasteiger partial charge is 0.467 e. The Morgan fingerprint density at radius 1 is 1.27 bits per heavy atom. The molecule has 2 aromatic rings. The Morgan fingerprint density at radius 3 is 2.69 bits per heavy atom. The highest BCUT2D eigenvalue weighted by Gasteiger charge is 2.35. The van der Waals surface area contributed by atoms with Crippen LogP contribution in [0.5, 0.6) is 0 Å². The summed E-state index contributed by atoms with van der Waals surface area (Å²) in [5, 5.41) is 5.87. The Labute approximate surface area is 152 Å². The second-order valence-corrected chi connectivity index (χ2v) is 6.30. The van der Waals surface area contributed by atoms with Crippen molar-refractivity contribution in [1.82, 2.24) is 5.01 Å². The van der Waals surface area contributed by atoms with Crippen LogP contribution in [0.25, 0.3) is 0 Å². The fourth-order valence-corrected chi connectivity index (χ4v) is 2.85. The predicted molar refractivity (Wildman–Crippen MR) is 96.5 cm³/mol. The molecule has 1 aliphatic rings. The molecule has 0 fully saturated rings. The van der Waals surface area contributed by atoms with E-state index < -0.39 is 0 Å². The summed E-state index contributed by atoms with van der Waals surface area (Å²) in [6.07, 6.45) is 3.10. The molecule has 0 unspecified atom stereocenters. The van der Waals surface area contributed by atoms with Gasteiger partial charge in [-0.1, -0.05) is 36.8 Å². The molecule has 2 heterocycles. The molecule has 26 heavy (non-hydrogen) atoms. The van der Waals surface area contributed by atoms with Crippen LogP contribution in [0.3, 0.4) is 0 Å². The lowest BCUT2D eigenvalue weighted by molar-refractivity contribution is -0.153. The average Bonchev–Trinajstić information content (AvgIpc) is 3.30. The number of nitrogens with zero attached hydrogens (tertiary/aromatic N) is 2. The molecule has 0 N–H and O–H groups in total. The SMILES string of the molecule is CCCC(=O)OCC(=O)N1N=C(c2ccc(C)cc2)C[C@@H]1c1ccco1. The number of furan rings is 1. The van der Waals surface area contributed by atoms with Gasteiger partial charge < -0.3 is 9.15 Å². The molecule has 0 bridgehead atoms. The highest BCUT2D eigenvalue weighted by atomic mass is 16.5. The first kappa shape index (κ1) is 17.9. The number of carbonyl (C=O) groups is 2. The van der Waals surface area contributed by atoms with E-state index in [4.69, 9.17) is 9.15 Å². The third kappa shape index (κ3) is 4.02. The minimum Gasteiger partial charge on any atom is -0.467 e. The number of ether oxygens (including phenoxy) is 1. The first-order chi connectivity index (χ1) is 12.6. The standard InChI is InChI=1S/C20H22N2O4/c1-3-5-20(24)26-13-19(23)22-17(18-6-4-11-25-18)12-16(21-22)15-9-7-14(2)8-10-15/h4,6-11,17H,3,5,12-13H2,1-2H3/t17-/m1/s1. The summed E-state index contributed by atoms with van der Waals surface area (Å²) in [4.78, 5) is 24.1. The summed E-state index contributed by atoms with van der Waals surface area (Å²) < 4.78 is 10.5. The van der Waals surface area contributed by atoms with Gasteiger partial charge in [0.15, 0.2) is 6.61 Å². The van der Waals surface area contributed by atoms with Gasteiger partial charge in [0.2, 0.25) is 0 Å². The predicted octanol–water partition coefficient (Wildman–Crippen LogP) is 3.61. The van der Waals surface area contributed by atoms with Crippen molar-refractivity contribution in [3.05, 3.63) is 59.5 Å². The quantitative estimate of drug-likeness (QED) is 0.743. The lowest BCUT2D eigenvalue weighted by atomic mass is 10.0. The van der Waals surface area contributed by atoms with Gasteiger partial charge in [-0.2, -0.15) is 5.10 Å². The van der Waals surface area contributed by atoms with E-state index in [0.29, 0.717) is 25.0 Å². The van der Waals surface area contributed by atoms with Crippen LogP contribution >= 0.6 is 0 Å². The molecule has 136 valence electrons. The summed E-state index contributed by atoms with van der Waals surface area (Å²) in [6, 6.07) is 11.3. The minimum absolute atomic E-state index is 0.298. The molecule has 0 saturated carbocycles. The topological polar surface area (TPSA) is 72.1 Å². The molecule has 1 amide bonds. The van der Waals surface area contributed by atoms with Crippen molar-refractivity contribution in [2.75, 3.05) is 6.61 Å². The van der Waals surface area contributed by atoms with Gasteiger partial charge in [0, 0.05) is 12.8 Å². The van der Waals surface area contributed by atoms with Gasteiger partial charge in [-0.25, -0.2) is 5.01 Å². The smallest absolute Gasteiger partial charge is 0.306 e. The van der Waals surface area contributed by atoms with Gasteiger partial charge in [0.1, 0.15) is 11.8 Å². The fourth-order valence-electron chi connectivity index (χ4n) is 2.85. The molecule has 6 nitrogen and oxygen atoms in total. The Hall–Kier alpha value is -2.89. The number of carbonyl (C=O) groups excluding carboxylic acids is 2. The third-order valence-electron chi connectivity index (χ3n) is 4.23. The Bertz CT molecular complexity index is 794. The number of aryl methyl sites for hydroxylation is 1. The maximum absolute atomic E-state index is 12.6. The second-order valence-electron chi connectivity index (χ2n) is 6.30. The van der Waals surface area contributed by atoms with Crippen molar-refractivity contribution in [3.63, 3.8) is 0 Å². The van der Waals surface area contributed by atoms with Crippen LogP contribution in [0.4, 0.5) is 0 Å². The van der Waals surface area contributed by atoms with E-state index in [9.17, 15) is 9.59 Å². The summed E-state index contributed by atoms with van der Waals surface area (Å²) in [5.41, 5.74) is 2.93. The van der Waals surface area contributed by atoms with Crippen LogP contribution in [0.2, 0.25) is 0 Å². The molecule has 1 aromatic carbocycles. The van der Waals surface area contributed by atoms with Crippen LogP contribution in [-0.4, -0.2) is 29.2 Å². The van der Waals surface area contributed by atoms with Crippen LogP contribution < -0.4 is 0 Å². The molecule has 6 heteroatoms. The average molecular weight is 354 g/mol. The number of hydrazone groups is 1. The first-order valence-electron chi connectivity index (χ1n) is 8.74. The second kappa shape index (κ2) is 7.99. The maximum atomic E-state index is 12.6. The molecule has 0 spiro atoms. The van der Waals surface area contributed by atoms with Crippen LogP contribution in [0.1, 0.15) is 49.1 Å². The number of hydrogen-bond donors (Lipinski definition) is 0.